The summed E-state index contributed by atoms with van der Waals surface area (Å²) in [4.78, 5) is 25.3. The van der Waals surface area contributed by atoms with E-state index in [0.717, 1.165) is 41.5 Å². The molecule has 0 bridgehead atoms. The number of carbonyl (C=O) groups is 1. The number of aromatic nitrogens is 2. The van der Waals surface area contributed by atoms with Crippen LogP contribution in [-0.2, 0) is 11.3 Å². The van der Waals surface area contributed by atoms with E-state index in [-0.39, 0.29) is 5.91 Å². The standard InChI is InChI=1S/C26H30N6O3/c1-2-24(33)26(34)32-13-11-31(12-14-32)17-20-5-3-18-15-21(6-7-23(18)30-20)35-25-8-4-19(16-29-25)22(28)9-10-27/h3-10,15-16,24,27,33H,2,11-14,17,28H2,1H3/b22-9-,27-10?/t24-/m0/s1. The topological polar surface area (TPSA) is 129 Å². The van der Waals surface area contributed by atoms with Gasteiger partial charge in [0.25, 0.3) is 5.91 Å². The molecule has 35 heavy (non-hydrogen) atoms. The highest BCUT2D eigenvalue weighted by Crippen LogP contribution is 2.25. The molecule has 2 aromatic heterocycles. The highest BCUT2D eigenvalue weighted by atomic mass is 16.5. The predicted octanol–water partition coefficient (Wildman–Crippen LogP) is 2.79. The molecular formula is C26H30N6O3. The fourth-order valence-corrected chi connectivity index (χ4v) is 3.96. The molecule has 1 saturated heterocycles. The number of rotatable bonds is 8. The van der Waals surface area contributed by atoms with Crippen molar-refractivity contribution in [2.75, 3.05) is 26.2 Å². The van der Waals surface area contributed by atoms with Gasteiger partial charge in [0.1, 0.15) is 11.9 Å². The van der Waals surface area contributed by atoms with Crippen LogP contribution >= 0.6 is 0 Å². The van der Waals surface area contributed by atoms with Crippen molar-refractivity contribution < 1.29 is 14.6 Å². The van der Waals surface area contributed by atoms with Crippen molar-refractivity contribution in [2.45, 2.75) is 26.0 Å². The van der Waals surface area contributed by atoms with E-state index in [1.54, 1.807) is 23.2 Å². The SMILES string of the molecule is CC[C@H](O)C(=O)N1CCN(Cc2ccc3cc(Oc4ccc(/C(N)=C/C=N)cn4)ccc3n2)CC1. The molecule has 4 rings (SSSR count). The smallest absolute Gasteiger partial charge is 0.251 e. The molecule has 3 aromatic rings. The van der Waals surface area contributed by atoms with Gasteiger partial charge in [-0.1, -0.05) is 13.0 Å². The highest BCUT2D eigenvalue weighted by molar-refractivity contribution is 5.82. The van der Waals surface area contributed by atoms with Gasteiger partial charge >= 0.3 is 0 Å². The third-order valence-corrected chi connectivity index (χ3v) is 6.01. The summed E-state index contributed by atoms with van der Waals surface area (Å²) in [6.45, 7) is 5.25. The Kier molecular flexibility index (Phi) is 7.69. The Hall–Kier alpha value is -3.82. The van der Waals surface area contributed by atoms with Crippen LogP contribution in [0, 0.1) is 5.41 Å². The maximum Gasteiger partial charge on any atom is 0.251 e. The lowest BCUT2D eigenvalue weighted by Crippen LogP contribution is -2.51. The van der Waals surface area contributed by atoms with E-state index >= 15 is 0 Å². The second kappa shape index (κ2) is 11.1. The third kappa shape index (κ3) is 6.00. The first-order chi connectivity index (χ1) is 17.0. The fraction of sp³-hybridized carbons (Fsp3) is 0.308. The Bertz CT molecular complexity index is 1220. The lowest BCUT2D eigenvalue weighted by molar-refractivity contribution is -0.142. The number of aliphatic hydroxyl groups excluding tert-OH is 1. The minimum absolute atomic E-state index is 0.177. The summed E-state index contributed by atoms with van der Waals surface area (Å²) >= 11 is 0. The fourth-order valence-electron chi connectivity index (χ4n) is 3.96. The molecular weight excluding hydrogens is 444 g/mol. The van der Waals surface area contributed by atoms with E-state index in [9.17, 15) is 9.90 Å². The molecule has 0 unspecified atom stereocenters. The van der Waals surface area contributed by atoms with E-state index in [2.05, 4.69) is 9.88 Å². The molecule has 0 aliphatic carbocycles. The number of fused-ring (bicyclic) bond motifs is 1. The number of allylic oxidation sites excluding steroid dienone is 1. The molecule has 9 nitrogen and oxygen atoms in total. The van der Waals surface area contributed by atoms with Crippen LogP contribution in [0.15, 0.2) is 54.7 Å². The Morgan fingerprint density at radius 3 is 2.69 bits per heavy atom. The number of amides is 1. The van der Waals surface area contributed by atoms with Crippen LogP contribution in [0.5, 0.6) is 11.6 Å². The van der Waals surface area contributed by atoms with Crippen LogP contribution < -0.4 is 10.5 Å². The average Bonchev–Trinajstić information content (AvgIpc) is 2.89. The van der Waals surface area contributed by atoms with Crippen molar-refractivity contribution in [3.63, 3.8) is 0 Å². The molecule has 1 atom stereocenters. The number of nitrogens with one attached hydrogen (secondary N) is 1. The highest BCUT2D eigenvalue weighted by Gasteiger charge is 2.25. The summed E-state index contributed by atoms with van der Waals surface area (Å²) in [5.74, 6) is 0.929. The molecule has 0 radical (unpaired) electrons. The molecule has 9 heteroatoms. The molecule has 1 aromatic carbocycles. The zero-order chi connectivity index (χ0) is 24.8. The van der Waals surface area contributed by atoms with Crippen LogP contribution in [0.1, 0.15) is 24.6 Å². The van der Waals surface area contributed by atoms with E-state index < -0.39 is 6.10 Å². The maximum absolute atomic E-state index is 12.2. The number of aliphatic hydroxyl groups is 1. The minimum atomic E-state index is -0.901. The number of carbonyl (C=O) groups excluding carboxylic acids is 1. The molecule has 0 spiro atoms. The summed E-state index contributed by atoms with van der Waals surface area (Å²) in [6.07, 6.45) is 3.79. The number of benzene rings is 1. The Morgan fingerprint density at radius 1 is 1.20 bits per heavy atom. The first-order valence-corrected chi connectivity index (χ1v) is 11.7. The second-order valence-electron chi connectivity index (χ2n) is 8.46. The minimum Gasteiger partial charge on any atom is -0.439 e. The van der Waals surface area contributed by atoms with Crippen LogP contribution in [0.25, 0.3) is 16.6 Å². The van der Waals surface area contributed by atoms with Gasteiger partial charge in [0.05, 0.1) is 11.2 Å². The molecule has 182 valence electrons. The molecule has 1 aliphatic heterocycles. The molecule has 1 fully saturated rings. The van der Waals surface area contributed by atoms with Gasteiger partial charge in [-0.25, -0.2) is 4.98 Å². The Labute approximate surface area is 204 Å². The summed E-state index contributed by atoms with van der Waals surface area (Å²) in [5, 5.41) is 17.9. The van der Waals surface area contributed by atoms with Crippen molar-refractivity contribution >= 4 is 28.7 Å². The van der Waals surface area contributed by atoms with Gasteiger partial charge in [-0.2, -0.15) is 0 Å². The van der Waals surface area contributed by atoms with Crippen molar-refractivity contribution in [2.24, 2.45) is 5.73 Å². The zero-order valence-electron chi connectivity index (χ0n) is 19.7. The molecule has 1 amide bonds. The Balaban J connectivity index is 1.37. The average molecular weight is 475 g/mol. The first-order valence-electron chi connectivity index (χ1n) is 11.7. The number of hydrogen-bond acceptors (Lipinski definition) is 8. The largest absolute Gasteiger partial charge is 0.439 e. The normalized spacial score (nSPS) is 15.7. The molecule has 3 heterocycles. The first kappa shape index (κ1) is 24.3. The zero-order valence-corrected chi connectivity index (χ0v) is 19.7. The van der Waals surface area contributed by atoms with Crippen molar-refractivity contribution in [3.05, 3.63) is 66.0 Å². The Morgan fingerprint density at radius 2 is 2.00 bits per heavy atom. The van der Waals surface area contributed by atoms with Gasteiger partial charge in [-0.3, -0.25) is 14.7 Å². The number of nitrogens with two attached hydrogens (primary N) is 1. The van der Waals surface area contributed by atoms with E-state index in [0.29, 0.717) is 43.4 Å². The van der Waals surface area contributed by atoms with Gasteiger partial charge in [0.15, 0.2) is 0 Å². The second-order valence-corrected chi connectivity index (χ2v) is 8.46. The molecule has 4 N–H and O–H groups in total. The van der Waals surface area contributed by atoms with E-state index in [1.165, 1.54) is 6.08 Å². The summed E-state index contributed by atoms with van der Waals surface area (Å²) < 4.78 is 5.88. The maximum atomic E-state index is 12.2. The number of hydrogen-bond donors (Lipinski definition) is 3. The number of nitrogens with zero attached hydrogens (tertiary/aromatic N) is 4. The van der Waals surface area contributed by atoms with Crippen LogP contribution in [0.4, 0.5) is 0 Å². The number of pyridine rings is 2. The van der Waals surface area contributed by atoms with Crippen LogP contribution in [0.3, 0.4) is 0 Å². The number of piperazine rings is 1. The summed E-state index contributed by atoms with van der Waals surface area (Å²) in [7, 11) is 0. The van der Waals surface area contributed by atoms with Gasteiger partial charge < -0.3 is 25.9 Å². The van der Waals surface area contributed by atoms with Gasteiger partial charge in [-0.15, -0.1) is 0 Å². The van der Waals surface area contributed by atoms with E-state index in [1.807, 2.05) is 37.3 Å². The van der Waals surface area contributed by atoms with Crippen molar-refractivity contribution in [3.8, 4) is 11.6 Å². The summed E-state index contributed by atoms with van der Waals surface area (Å²) in [6, 6.07) is 13.3. The monoisotopic (exact) mass is 474 g/mol. The predicted molar refractivity (Wildman–Crippen MR) is 135 cm³/mol. The summed E-state index contributed by atoms with van der Waals surface area (Å²) in [5.41, 5.74) is 8.91. The number of ether oxygens (including phenoxy) is 1. The quantitative estimate of drug-likeness (QED) is 0.428. The molecule has 1 aliphatic rings. The van der Waals surface area contributed by atoms with Gasteiger partial charge in [-0.05, 0) is 42.8 Å². The lowest BCUT2D eigenvalue weighted by Gasteiger charge is -2.35. The van der Waals surface area contributed by atoms with Crippen molar-refractivity contribution in [1.82, 2.24) is 19.8 Å². The van der Waals surface area contributed by atoms with Crippen molar-refractivity contribution in [1.29, 1.82) is 5.41 Å². The van der Waals surface area contributed by atoms with Crippen LogP contribution in [0.2, 0.25) is 0 Å². The van der Waals surface area contributed by atoms with Crippen LogP contribution in [-0.4, -0.2) is 69.3 Å². The third-order valence-electron chi connectivity index (χ3n) is 6.01. The van der Waals surface area contributed by atoms with Gasteiger partial charge in [0, 0.05) is 67.8 Å². The van der Waals surface area contributed by atoms with Gasteiger partial charge in [0.2, 0.25) is 5.88 Å². The lowest BCUT2D eigenvalue weighted by atomic mass is 10.1. The van der Waals surface area contributed by atoms with E-state index in [4.69, 9.17) is 20.9 Å². The molecule has 0 saturated carbocycles.